The lowest BCUT2D eigenvalue weighted by Crippen LogP contribution is -2.21. The lowest BCUT2D eigenvalue weighted by Gasteiger charge is -2.13. The van der Waals surface area contributed by atoms with Crippen LogP contribution in [0, 0.1) is 5.41 Å². The SMILES string of the molecule is CC(=NOC(=O)C(C)(C)C)c1ccccc1. The molecule has 1 aromatic rings. The molecule has 0 N–H and O–H groups in total. The highest BCUT2D eigenvalue weighted by Gasteiger charge is 2.23. The molecule has 16 heavy (non-hydrogen) atoms. The van der Waals surface area contributed by atoms with Crippen molar-refractivity contribution >= 4 is 11.7 Å². The Morgan fingerprint density at radius 1 is 1.19 bits per heavy atom. The Morgan fingerprint density at radius 2 is 1.75 bits per heavy atom. The van der Waals surface area contributed by atoms with Crippen molar-refractivity contribution in [1.82, 2.24) is 0 Å². The van der Waals surface area contributed by atoms with E-state index in [2.05, 4.69) is 5.16 Å². The molecule has 0 amide bonds. The van der Waals surface area contributed by atoms with Gasteiger partial charge in [-0.05, 0) is 33.3 Å². The van der Waals surface area contributed by atoms with Crippen molar-refractivity contribution < 1.29 is 9.63 Å². The molecule has 0 bridgehead atoms. The van der Waals surface area contributed by atoms with Gasteiger partial charge in [-0.3, -0.25) is 0 Å². The second-order valence-electron chi connectivity index (χ2n) is 4.67. The van der Waals surface area contributed by atoms with Crippen LogP contribution in [-0.4, -0.2) is 11.7 Å². The maximum absolute atomic E-state index is 11.5. The van der Waals surface area contributed by atoms with Crippen LogP contribution in [0.25, 0.3) is 0 Å². The second kappa shape index (κ2) is 4.92. The summed E-state index contributed by atoms with van der Waals surface area (Å²) in [4.78, 5) is 16.3. The molecule has 0 atom stereocenters. The monoisotopic (exact) mass is 219 g/mol. The lowest BCUT2D eigenvalue weighted by atomic mass is 9.98. The molecular formula is C13H17NO2. The molecule has 1 aromatic carbocycles. The molecule has 0 aromatic heterocycles. The molecule has 0 saturated heterocycles. The molecule has 0 aliphatic carbocycles. The van der Waals surface area contributed by atoms with Crippen molar-refractivity contribution in [3.8, 4) is 0 Å². The maximum atomic E-state index is 11.5. The molecule has 0 aliphatic rings. The van der Waals surface area contributed by atoms with E-state index in [1.165, 1.54) is 0 Å². The zero-order valence-corrected chi connectivity index (χ0v) is 10.2. The van der Waals surface area contributed by atoms with Gasteiger partial charge in [0.05, 0.1) is 11.1 Å². The highest BCUT2D eigenvalue weighted by Crippen LogP contribution is 2.15. The minimum absolute atomic E-state index is 0.331. The molecule has 3 heteroatoms. The molecule has 3 nitrogen and oxygen atoms in total. The van der Waals surface area contributed by atoms with E-state index >= 15 is 0 Å². The van der Waals surface area contributed by atoms with Gasteiger partial charge in [0, 0.05) is 0 Å². The zero-order valence-electron chi connectivity index (χ0n) is 10.2. The highest BCUT2D eigenvalue weighted by atomic mass is 16.7. The summed E-state index contributed by atoms with van der Waals surface area (Å²) in [6.45, 7) is 7.19. The molecule has 0 spiro atoms. The van der Waals surface area contributed by atoms with E-state index in [-0.39, 0.29) is 5.97 Å². The minimum atomic E-state index is -0.527. The van der Waals surface area contributed by atoms with Crippen LogP contribution in [0.4, 0.5) is 0 Å². The topological polar surface area (TPSA) is 38.7 Å². The van der Waals surface area contributed by atoms with Gasteiger partial charge in [0.1, 0.15) is 0 Å². The summed E-state index contributed by atoms with van der Waals surface area (Å²) in [6, 6.07) is 9.60. The fourth-order valence-corrected chi connectivity index (χ4v) is 0.979. The third kappa shape index (κ3) is 3.50. The number of oxime groups is 1. The van der Waals surface area contributed by atoms with Gasteiger partial charge in [-0.15, -0.1) is 0 Å². The molecule has 0 radical (unpaired) electrons. The first-order valence-electron chi connectivity index (χ1n) is 5.23. The van der Waals surface area contributed by atoms with Gasteiger partial charge in [0.25, 0.3) is 0 Å². The molecule has 86 valence electrons. The van der Waals surface area contributed by atoms with Gasteiger partial charge >= 0.3 is 5.97 Å². The summed E-state index contributed by atoms with van der Waals surface area (Å²) in [7, 11) is 0. The Labute approximate surface area is 96.1 Å². The Kier molecular flexibility index (Phi) is 3.82. The molecule has 0 fully saturated rings. The largest absolute Gasteiger partial charge is 0.340 e. The number of carbonyl (C=O) groups excluding carboxylic acids is 1. The predicted octanol–water partition coefficient (Wildman–Crippen LogP) is 3.00. The summed E-state index contributed by atoms with van der Waals surface area (Å²) in [5, 5.41) is 3.83. The second-order valence-corrected chi connectivity index (χ2v) is 4.67. The first-order valence-corrected chi connectivity index (χ1v) is 5.23. The van der Waals surface area contributed by atoms with Crippen LogP contribution in [0.3, 0.4) is 0 Å². The fourth-order valence-electron chi connectivity index (χ4n) is 0.979. The van der Waals surface area contributed by atoms with Crippen LogP contribution >= 0.6 is 0 Å². The van der Waals surface area contributed by atoms with Crippen LogP contribution in [0.1, 0.15) is 33.3 Å². The Hall–Kier alpha value is -1.64. The summed E-state index contributed by atoms with van der Waals surface area (Å²) < 4.78 is 0. The van der Waals surface area contributed by atoms with Gasteiger partial charge in [-0.1, -0.05) is 35.5 Å². The van der Waals surface area contributed by atoms with Crippen molar-refractivity contribution in [2.45, 2.75) is 27.7 Å². The van der Waals surface area contributed by atoms with Crippen molar-refractivity contribution in [3.63, 3.8) is 0 Å². The standard InChI is InChI=1S/C13H17NO2/c1-10(11-8-6-5-7-9-11)14-16-12(15)13(2,3)4/h5-9H,1-4H3. The van der Waals surface area contributed by atoms with E-state index in [9.17, 15) is 4.79 Å². The Balaban J connectivity index is 2.70. The van der Waals surface area contributed by atoms with E-state index in [1.807, 2.05) is 37.3 Å². The third-order valence-electron chi connectivity index (χ3n) is 2.07. The van der Waals surface area contributed by atoms with Crippen LogP contribution in [0.2, 0.25) is 0 Å². The molecule has 0 heterocycles. The number of hydrogen-bond acceptors (Lipinski definition) is 3. The van der Waals surface area contributed by atoms with Gasteiger partial charge in [-0.25, -0.2) is 4.79 Å². The Bertz CT molecular complexity index is 388. The van der Waals surface area contributed by atoms with Gasteiger partial charge < -0.3 is 4.84 Å². The van der Waals surface area contributed by atoms with E-state index in [0.717, 1.165) is 5.56 Å². The van der Waals surface area contributed by atoms with Crippen molar-refractivity contribution in [3.05, 3.63) is 35.9 Å². The van der Waals surface area contributed by atoms with Crippen molar-refractivity contribution in [1.29, 1.82) is 0 Å². The fraction of sp³-hybridized carbons (Fsp3) is 0.385. The summed E-state index contributed by atoms with van der Waals surface area (Å²) >= 11 is 0. The number of carbonyl (C=O) groups is 1. The van der Waals surface area contributed by atoms with Crippen LogP contribution in [-0.2, 0) is 9.63 Å². The van der Waals surface area contributed by atoms with E-state index < -0.39 is 5.41 Å². The van der Waals surface area contributed by atoms with Gasteiger partial charge in [-0.2, -0.15) is 0 Å². The van der Waals surface area contributed by atoms with Gasteiger partial charge in [0.15, 0.2) is 0 Å². The molecule has 0 unspecified atom stereocenters. The summed E-state index contributed by atoms with van der Waals surface area (Å²) in [5.41, 5.74) is 1.11. The first-order chi connectivity index (χ1) is 7.41. The van der Waals surface area contributed by atoms with Crippen molar-refractivity contribution in [2.75, 3.05) is 0 Å². The average Bonchev–Trinajstić information content (AvgIpc) is 2.25. The van der Waals surface area contributed by atoms with E-state index in [0.29, 0.717) is 5.71 Å². The van der Waals surface area contributed by atoms with Crippen LogP contribution < -0.4 is 0 Å². The zero-order chi connectivity index (χ0) is 12.2. The molecule has 0 aliphatic heterocycles. The number of benzene rings is 1. The number of rotatable bonds is 2. The normalized spacial score (nSPS) is 12.4. The lowest BCUT2D eigenvalue weighted by molar-refractivity contribution is -0.152. The molecule has 0 saturated carbocycles. The van der Waals surface area contributed by atoms with Crippen LogP contribution in [0.5, 0.6) is 0 Å². The number of hydrogen-bond donors (Lipinski definition) is 0. The average molecular weight is 219 g/mol. The van der Waals surface area contributed by atoms with E-state index in [4.69, 9.17) is 4.84 Å². The molecular weight excluding hydrogens is 202 g/mol. The van der Waals surface area contributed by atoms with Crippen LogP contribution in [0.15, 0.2) is 35.5 Å². The summed E-state index contributed by atoms with van der Waals surface area (Å²) in [5.74, 6) is -0.331. The number of nitrogens with zero attached hydrogens (tertiary/aromatic N) is 1. The van der Waals surface area contributed by atoms with Crippen molar-refractivity contribution in [2.24, 2.45) is 10.6 Å². The van der Waals surface area contributed by atoms with E-state index in [1.54, 1.807) is 20.8 Å². The highest BCUT2D eigenvalue weighted by molar-refractivity contribution is 5.98. The Morgan fingerprint density at radius 3 is 2.25 bits per heavy atom. The smallest absolute Gasteiger partial charge is 0.317 e. The maximum Gasteiger partial charge on any atom is 0.340 e. The third-order valence-corrected chi connectivity index (χ3v) is 2.07. The first kappa shape index (κ1) is 12.4. The minimum Gasteiger partial charge on any atom is -0.317 e. The predicted molar refractivity (Wildman–Crippen MR) is 64.2 cm³/mol. The molecule has 1 rings (SSSR count). The summed E-state index contributed by atoms with van der Waals surface area (Å²) in [6.07, 6.45) is 0. The van der Waals surface area contributed by atoms with Gasteiger partial charge in [0.2, 0.25) is 0 Å². The quantitative estimate of drug-likeness (QED) is 0.435.